The van der Waals surface area contributed by atoms with Crippen molar-refractivity contribution in [2.75, 3.05) is 18.1 Å². The molecule has 2 unspecified atom stereocenters. The van der Waals surface area contributed by atoms with E-state index in [-0.39, 0.29) is 11.6 Å². The van der Waals surface area contributed by atoms with Gasteiger partial charge in [-0.15, -0.1) is 0 Å². The summed E-state index contributed by atoms with van der Waals surface area (Å²) in [5.41, 5.74) is 7.72. The van der Waals surface area contributed by atoms with Gasteiger partial charge in [0.2, 0.25) is 0 Å². The van der Waals surface area contributed by atoms with E-state index in [0.29, 0.717) is 5.92 Å². The zero-order chi connectivity index (χ0) is 13.8. The molecule has 0 saturated carbocycles. The van der Waals surface area contributed by atoms with Gasteiger partial charge >= 0.3 is 0 Å². The topological polar surface area (TPSA) is 48.1 Å². The van der Waals surface area contributed by atoms with Crippen LogP contribution in [0.4, 0.5) is 0 Å². The Kier molecular flexibility index (Phi) is 4.64. The third-order valence-corrected chi connectivity index (χ3v) is 5.70. The second-order valence-electron chi connectivity index (χ2n) is 6.09. The van der Waals surface area contributed by atoms with E-state index in [4.69, 9.17) is 10.5 Å². The average molecular weight is 292 g/mol. The van der Waals surface area contributed by atoms with Crippen molar-refractivity contribution in [1.82, 2.24) is 4.98 Å². The van der Waals surface area contributed by atoms with E-state index in [0.717, 1.165) is 31.6 Å². The molecular formula is C16H24N2OS. The zero-order valence-corrected chi connectivity index (χ0v) is 12.8. The van der Waals surface area contributed by atoms with Crippen LogP contribution in [0.1, 0.15) is 31.4 Å². The van der Waals surface area contributed by atoms with Crippen LogP contribution in [0.3, 0.4) is 0 Å². The van der Waals surface area contributed by atoms with E-state index in [1.54, 1.807) is 0 Å². The second-order valence-corrected chi connectivity index (χ2v) is 7.31. The Labute approximate surface area is 125 Å². The van der Waals surface area contributed by atoms with E-state index in [1.807, 2.05) is 18.3 Å². The molecule has 0 aliphatic carbocycles. The lowest BCUT2D eigenvalue weighted by Gasteiger charge is -2.44. The van der Waals surface area contributed by atoms with Gasteiger partial charge in [0, 0.05) is 31.0 Å². The summed E-state index contributed by atoms with van der Waals surface area (Å²) in [7, 11) is 0. The molecule has 3 nitrogen and oxygen atoms in total. The Morgan fingerprint density at radius 1 is 1.40 bits per heavy atom. The molecule has 2 fully saturated rings. The summed E-state index contributed by atoms with van der Waals surface area (Å²) in [6, 6.07) is 6.28. The van der Waals surface area contributed by atoms with Crippen LogP contribution in [-0.4, -0.2) is 34.7 Å². The number of nitrogens with zero attached hydrogens (tertiary/aromatic N) is 1. The minimum absolute atomic E-state index is 0.135. The largest absolute Gasteiger partial charge is 0.375 e. The quantitative estimate of drug-likeness (QED) is 0.930. The van der Waals surface area contributed by atoms with Gasteiger partial charge in [0.25, 0.3) is 0 Å². The summed E-state index contributed by atoms with van der Waals surface area (Å²) in [6.45, 7) is 0.880. The number of rotatable bonds is 3. The van der Waals surface area contributed by atoms with Crippen LogP contribution < -0.4 is 5.73 Å². The molecule has 2 N–H and O–H groups in total. The Morgan fingerprint density at radius 2 is 2.25 bits per heavy atom. The van der Waals surface area contributed by atoms with Crippen molar-refractivity contribution in [3.63, 3.8) is 0 Å². The first-order valence-corrected chi connectivity index (χ1v) is 8.80. The minimum atomic E-state index is 0.135. The van der Waals surface area contributed by atoms with Gasteiger partial charge in [-0.2, -0.15) is 11.8 Å². The van der Waals surface area contributed by atoms with E-state index in [2.05, 4.69) is 22.8 Å². The Bertz CT molecular complexity index is 414. The van der Waals surface area contributed by atoms with Crippen LogP contribution in [0, 0.1) is 5.92 Å². The Morgan fingerprint density at radius 3 is 3.00 bits per heavy atom. The first kappa shape index (κ1) is 14.4. The highest BCUT2D eigenvalue weighted by atomic mass is 32.2. The number of pyridine rings is 1. The zero-order valence-electron chi connectivity index (χ0n) is 12.0. The number of hydrogen-bond donors (Lipinski definition) is 1. The van der Waals surface area contributed by atoms with Crippen LogP contribution in [-0.2, 0) is 11.2 Å². The van der Waals surface area contributed by atoms with Crippen LogP contribution in [0.15, 0.2) is 24.4 Å². The van der Waals surface area contributed by atoms with Gasteiger partial charge in [-0.05, 0) is 55.2 Å². The van der Waals surface area contributed by atoms with Crippen molar-refractivity contribution in [2.45, 2.75) is 43.7 Å². The molecule has 3 heterocycles. The van der Waals surface area contributed by atoms with Crippen LogP contribution in [0.2, 0.25) is 0 Å². The number of hydrogen-bond acceptors (Lipinski definition) is 4. The molecular weight excluding hydrogens is 268 g/mol. The molecule has 0 amide bonds. The predicted octanol–water partition coefficient (Wildman–Crippen LogP) is 2.64. The van der Waals surface area contributed by atoms with E-state index < -0.39 is 0 Å². The van der Waals surface area contributed by atoms with Crippen LogP contribution in [0.25, 0.3) is 0 Å². The van der Waals surface area contributed by atoms with E-state index in [9.17, 15) is 0 Å². The van der Waals surface area contributed by atoms with Crippen molar-refractivity contribution < 1.29 is 4.74 Å². The summed E-state index contributed by atoms with van der Waals surface area (Å²) in [4.78, 5) is 4.40. The fraction of sp³-hybridized carbons (Fsp3) is 0.688. The maximum atomic E-state index is 6.47. The normalized spacial score (nSPS) is 27.4. The standard InChI is InChI=1S/C16H24N2OS/c17-15(11-14-3-1-2-7-18-14)13-4-8-19-16(12-13)5-9-20-10-6-16/h1-3,7,13,15H,4-6,8-12,17H2. The molecule has 3 rings (SSSR count). The molecule has 20 heavy (non-hydrogen) atoms. The van der Waals surface area contributed by atoms with Gasteiger partial charge in [0.05, 0.1) is 5.60 Å². The highest BCUT2D eigenvalue weighted by Crippen LogP contribution is 2.40. The molecule has 0 radical (unpaired) electrons. The van der Waals surface area contributed by atoms with Crippen molar-refractivity contribution in [3.8, 4) is 0 Å². The number of thioether (sulfide) groups is 1. The van der Waals surface area contributed by atoms with Crippen molar-refractivity contribution in [3.05, 3.63) is 30.1 Å². The minimum Gasteiger partial charge on any atom is -0.375 e. The lowest BCUT2D eigenvalue weighted by atomic mass is 9.78. The summed E-state index contributed by atoms with van der Waals surface area (Å²) in [5.74, 6) is 3.05. The maximum absolute atomic E-state index is 6.47. The van der Waals surface area contributed by atoms with Crippen molar-refractivity contribution >= 4 is 11.8 Å². The fourth-order valence-electron chi connectivity index (χ4n) is 3.45. The third-order valence-electron chi connectivity index (χ3n) is 4.71. The van der Waals surface area contributed by atoms with E-state index in [1.165, 1.54) is 24.3 Å². The van der Waals surface area contributed by atoms with Gasteiger partial charge < -0.3 is 10.5 Å². The fourth-order valence-corrected chi connectivity index (χ4v) is 4.69. The SMILES string of the molecule is NC(Cc1ccccn1)C1CCOC2(CCSCC2)C1. The van der Waals surface area contributed by atoms with Crippen LogP contribution >= 0.6 is 11.8 Å². The molecule has 0 bridgehead atoms. The molecule has 2 aliphatic rings. The van der Waals surface area contributed by atoms with Crippen molar-refractivity contribution in [2.24, 2.45) is 11.7 Å². The average Bonchev–Trinajstić information content (AvgIpc) is 2.49. The molecule has 2 atom stereocenters. The van der Waals surface area contributed by atoms with Gasteiger partial charge in [0.1, 0.15) is 0 Å². The highest BCUT2D eigenvalue weighted by Gasteiger charge is 2.40. The summed E-state index contributed by atoms with van der Waals surface area (Å²) in [6.07, 6.45) is 7.38. The Balaban J connectivity index is 1.61. The van der Waals surface area contributed by atoms with E-state index >= 15 is 0 Å². The number of nitrogens with two attached hydrogens (primary N) is 1. The van der Waals surface area contributed by atoms with Gasteiger partial charge in [-0.1, -0.05) is 6.07 Å². The van der Waals surface area contributed by atoms with Gasteiger partial charge in [-0.3, -0.25) is 4.98 Å². The molecule has 1 aromatic rings. The van der Waals surface area contributed by atoms with Gasteiger partial charge in [-0.25, -0.2) is 0 Å². The molecule has 1 spiro atoms. The van der Waals surface area contributed by atoms with Crippen LogP contribution in [0.5, 0.6) is 0 Å². The molecule has 4 heteroatoms. The van der Waals surface area contributed by atoms with Crippen molar-refractivity contribution in [1.29, 1.82) is 0 Å². The molecule has 2 aliphatic heterocycles. The number of aromatic nitrogens is 1. The lowest BCUT2D eigenvalue weighted by Crippen LogP contribution is -2.47. The monoisotopic (exact) mass is 292 g/mol. The molecule has 110 valence electrons. The van der Waals surface area contributed by atoms with Gasteiger partial charge in [0.15, 0.2) is 0 Å². The summed E-state index contributed by atoms with van der Waals surface area (Å²) in [5, 5.41) is 0. The molecule has 1 aromatic heterocycles. The number of ether oxygens (including phenoxy) is 1. The molecule has 2 saturated heterocycles. The second kappa shape index (κ2) is 6.46. The Hall–Kier alpha value is -0.580. The molecule has 0 aromatic carbocycles. The summed E-state index contributed by atoms with van der Waals surface area (Å²) >= 11 is 2.05. The summed E-state index contributed by atoms with van der Waals surface area (Å²) < 4.78 is 6.15. The smallest absolute Gasteiger partial charge is 0.0701 e. The highest BCUT2D eigenvalue weighted by molar-refractivity contribution is 7.99. The lowest BCUT2D eigenvalue weighted by molar-refractivity contribution is -0.105. The first-order valence-electron chi connectivity index (χ1n) is 7.65. The third kappa shape index (κ3) is 3.35. The first-order chi connectivity index (χ1) is 9.77. The predicted molar refractivity (Wildman–Crippen MR) is 83.9 cm³/mol. The maximum Gasteiger partial charge on any atom is 0.0701 e.